The number of esters is 1. The number of aryl methyl sites for hydroxylation is 1. The third-order valence-corrected chi connectivity index (χ3v) is 7.77. The number of hydrogen-bond acceptors (Lipinski definition) is 10. The molecule has 214 valence electrons. The number of quaternary nitrogens is 1. The van der Waals surface area contributed by atoms with E-state index in [1.807, 2.05) is 0 Å². The average Bonchev–Trinajstić information content (AvgIpc) is 3.51. The number of nitrogens with zero attached hydrogens (tertiary/aromatic N) is 6. The maximum Gasteiger partial charge on any atom is 0.378 e. The molecule has 2 aromatic heterocycles. The van der Waals surface area contributed by atoms with E-state index in [0.29, 0.717) is 61.1 Å². The highest BCUT2D eigenvalue weighted by Gasteiger charge is 2.49. The fourth-order valence-electron chi connectivity index (χ4n) is 5.12. The molecule has 2 aliphatic rings. The fourth-order valence-corrected chi connectivity index (χ4v) is 5.41. The first kappa shape index (κ1) is 27.9. The molecule has 3 N–H and O–H groups in total. The number of aliphatic hydroxyl groups is 3. The number of carbonyl (C=O) groups is 1. The number of rotatable bonds is 8. The van der Waals surface area contributed by atoms with Crippen molar-refractivity contribution in [2.45, 2.75) is 18.8 Å². The van der Waals surface area contributed by atoms with E-state index in [1.54, 1.807) is 42.2 Å². The summed E-state index contributed by atoms with van der Waals surface area (Å²) in [6, 6.07) is 7.04. The summed E-state index contributed by atoms with van der Waals surface area (Å²) in [6.45, 7) is 1.99. The normalized spacial score (nSPS) is 20.2. The lowest BCUT2D eigenvalue weighted by molar-refractivity contribution is -0.163. The molecular weight excluding hydrogens is 548 g/mol. The van der Waals surface area contributed by atoms with Gasteiger partial charge in [-0.1, -0.05) is 23.7 Å². The standard InChI is InChI=1S/C25H29ClN6O8/c1-28-22-18(23(36)29(2)25(28)38)31(14-27-22)8-7-30-9-11-32(12-10-30,16-6-4-3-5-15(16)26)40-21-19(35)24(37)39-20(21)17(34)13-33/h3-6,14,17,20,33-34H,7-13H2,1-2H3/p+1. The zero-order valence-electron chi connectivity index (χ0n) is 21.9. The zero-order chi connectivity index (χ0) is 28.8. The molecule has 0 radical (unpaired) electrons. The van der Waals surface area contributed by atoms with Gasteiger partial charge in [-0.15, -0.1) is 4.65 Å². The van der Waals surface area contributed by atoms with Crippen molar-refractivity contribution >= 4 is 34.4 Å². The molecule has 0 bridgehead atoms. The Labute approximate surface area is 232 Å². The topological polar surface area (TPSA) is 161 Å². The van der Waals surface area contributed by atoms with Gasteiger partial charge in [-0.25, -0.2) is 14.6 Å². The van der Waals surface area contributed by atoms with Crippen LogP contribution in [0.3, 0.4) is 0 Å². The minimum atomic E-state index is -1.49. The van der Waals surface area contributed by atoms with Crippen LogP contribution in [0.15, 0.2) is 51.7 Å². The van der Waals surface area contributed by atoms with E-state index in [9.17, 15) is 29.7 Å². The molecule has 1 fully saturated rings. The van der Waals surface area contributed by atoms with E-state index in [2.05, 4.69) is 9.88 Å². The third-order valence-electron chi connectivity index (χ3n) is 7.45. The Balaban J connectivity index is 1.38. The number of aromatic nitrogens is 4. The molecule has 2 atom stereocenters. The summed E-state index contributed by atoms with van der Waals surface area (Å²) in [5, 5.41) is 30.5. The van der Waals surface area contributed by atoms with Crippen molar-refractivity contribution in [2.75, 3.05) is 39.3 Å². The number of hydroxylamine groups is 2. The van der Waals surface area contributed by atoms with Gasteiger partial charge in [-0.05, 0) is 6.07 Å². The van der Waals surface area contributed by atoms with Crippen LogP contribution in [-0.4, -0.2) is 96.4 Å². The molecule has 2 aliphatic heterocycles. The van der Waals surface area contributed by atoms with Gasteiger partial charge < -0.3 is 29.5 Å². The highest BCUT2D eigenvalue weighted by molar-refractivity contribution is 6.33. The maximum atomic E-state index is 12.8. The van der Waals surface area contributed by atoms with E-state index in [0.717, 1.165) is 4.57 Å². The summed E-state index contributed by atoms with van der Waals surface area (Å²) in [5.41, 5.74) is 0.379. The number of fused-ring (bicyclic) bond motifs is 1. The summed E-state index contributed by atoms with van der Waals surface area (Å²) in [6.07, 6.45) is -1.32. The molecule has 0 spiro atoms. The lowest BCUT2D eigenvalue weighted by atomic mass is 10.2. The summed E-state index contributed by atoms with van der Waals surface area (Å²) >= 11 is 6.55. The zero-order valence-corrected chi connectivity index (χ0v) is 22.7. The Kier molecular flexibility index (Phi) is 7.46. The third kappa shape index (κ3) is 4.67. The van der Waals surface area contributed by atoms with Crippen molar-refractivity contribution in [3.05, 3.63) is 68.0 Å². The summed E-state index contributed by atoms with van der Waals surface area (Å²) < 4.78 is 8.97. The highest BCUT2D eigenvalue weighted by atomic mass is 35.5. The molecular formula is C25H30ClN6O8+. The van der Waals surface area contributed by atoms with Crippen molar-refractivity contribution < 1.29 is 29.7 Å². The first-order chi connectivity index (χ1) is 19.1. The van der Waals surface area contributed by atoms with Crippen LogP contribution in [0.1, 0.15) is 0 Å². The van der Waals surface area contributed by atoms with Crippen LogP contribution in [-0.2, 0) is 35.0 Å². The number of hydrogen-bond donors (Lipinski definition) is 3. The number of carbonyl (C=O) groups excluding carboxylic acids is 1. The first-order valence-electron chi connectivity index (χ1n) is 12.7. The van der Waals surface area contributed by atoms with Gasteiger partial charge in [-0.3, -0.25) is 18.8 Å². The monoisotopic (exact) mass is 577 g/mol. The van der Waals surface area contributed by atoms with Crippen molar-refractivity contribution in [3.8, 4) is 0 Å². The summed E-state index contributed by atoms with van der Waals surface area (Å²) in [7, 11) is 3.00. The van der Waals surface area contributed by atoms with Crippen LogP contribution in [0.5, 0.6) is 0 Å². The number of imidazole rings is 1. The molecule has 40 heavy (non-hydrogen) atoms. The van der Waals surface area contributed by atoms with E-state index >= 15 is 0 Å². The largest absolute Gasteiger partial charge is 0.499 e. The summed E-state index contributed by atoms with van der Waals surface area (Å²) in [5.74, 6) is -2.10. The molecule has 0 aliphatic carbocycles. The Bertz CT molecular complexity index is 1600. The van der Waals surface area contributed by atoms with Gasteiger partial charge in [0.1, 0.15) is 24.2 Å². The van der Waals surface area contributed by atoms with Gasteiger partial charge in [0.2, 0.25) is 0 Å². The van der Waals surface area contributed by atoms with Crippen LogP contribution in [0.25, 0.3) is 11.2 Å². The van der Waals surface area contributed by atoms with Crippen LogP contribution in [0.4, 0.5) is 5.69 Å². The minimum absolute atomic E-state index is 0.197. The second-order valence-corrected chi connectivity index (χ2v) is 10.2. The molecule has 14 nitrogen and oxygen atoms in total. The highest BCUT2D eigenvalue weighted by Crippen LogP contribution is 2.37. The predicted molar refractivity (Wildman–Crippen MR) is 143 cm³/mol. The van der Waals surface area contributed by atoms with E-state index in [1.165, 1.54) is 11.6 Å². The van der Waals surface area contributed by atoms with E-state index in [4.69, 9.17) is 21.2 Å². The van der Waals surface area contributed by atoms with Crippen molar-refractivity contribution in [1.82, 2.24) is 28.2 Å². The van der Waals surface area contributed by atoms with Crippen LogP contribution in [0, 0.1) is 0 Å². The van der Waals surface area contributed by atoms with Gasteiger partial charge in [-0.2, -0.15) is 0 Å². The molecule has 3 aromatic rings. The first-order valence-corrected chi connectivity index (χ1v) is 13.0. The number of cyclic esters (lactones) is 1. The molecule has 1 aromatic carbocycles. The molecule has 0 amide bonds. The maximum absolute atomic E-state index is 12.8. The van der Waals surface area contributed by atoms with Crippen molar-refractivity contribution in [1.29, 1.82) is 0 Å². The number of halogens is 1. The predicted octanol–water partition coefficient (Wildman–Crippen LogP) is -0.610. The number of para-hydroxylation sites is 1. The van der Waals surface area contributed by atoms with Gasteiger partial charge in [0.15, 0.2) is 23.0 Å². The number of piperazine rings is 1. The van der Waals surface area contributed by atoms with Crippen LogP contribution in [0.2, 0.25) is 5.02 Å². The Hall–Kier alpha value is -3.69. The minimum Gasteiger partial charge on any atom is -0.499 e. The Morgan fingerprint density at radius 1 is 1.15 bits per heavy atom. The van der Waals surface area contributed by atoms with Crippen molar-refractivity contribution in [2.24, 2.45) is 14.1 Å². The van der Waals surface area contributed by atoms with E-state index < -0.39 is 41.8 Å². The smallest absolute Gasteiger partial charge is 0.378 e. The average molecular weight is 578 g/mol. The molecule has 15 heteroatoms. The fraction of sp³-hybridized carbons (Fsp3) is 0.440. The second kappa shape index (κ2) is 10.7. The van der Waals surface area contributed by atoms with Crippen LogP contribution >= 0.6 is 11.6 Å². The SMILES string of the molecule is Cn1c(=O)c2c(ncn2CCN2CC[N+](OC3=C(O)C(=O)OC3C(O)CO)(c3ccccc3Cl)CC2)n(C)c1=O. The van der Waals surface area contributed by atoms with Crippen LogP contribution < -0.4 is 15.9 Å². The number of aliphatic hydroxyl groups excluding tert-OH is 3. The number of ether oxygens (including phenoxy) is 1. The van der Waals surface area contributed by atoms with Gasteiger partial charge in [0.05, 0.1) is 26.0 Å². The number of benzene rings is 1. The lowest BCUT2D eigenvalue weighted by Gasteiger charge is -2.42. The van der Waals surface area contributed by atoms with Gasteiger partial charge in [0.25, 0.3) is 17.1 Å². The lowest BCUT2D eigenvalue weighted by Crippen LogP contribution is -2.61. The quantitative estimate of drug-likeness (QED) is 0.233. The molecule has 4 heterocycles. The van der Waals surface area contributed by atoms with E-state index in [-0.39, 0.29) is 10.4 Å². The van der Waals surface area contributed by atoms with Crippen molar-refractivity contribution in [3.63, 3.8) is 0 Å². The molecule has 5 rings (SSSR count). The molecule has 0 saturated carbocycles. The van der Waals surface area contributed by atoms with Gasteiger partial charge >= 0.3 is 11.7 Å². The molecule has 2 unspecified atom stereocenters. The second-order valence-electron chi connectivity index (χ2n) is 9.83. The van der Waals surface area contributed by atoms with Gasteiger partial charge in [0, 0.05) is 33.3 Å². The Morgan fingerprint density at radius 3 is 2.52 bits per heavy atom. The Morgan fingerprint density at radius 2 is 1.85 bits per heavy atom. The molecule has 1 saturated heterocycles. The summed E-state index contributed by atoms with van der Waals surface area (Å²) in [4.78, 5) is 49.8.